The van der Waals surface area contributed by atoms with E-state index in [1.807, 2.05) is 0 Å². The normalized spacial score (nSPS) is 22.4. The van der Waals surface area contributed by atoms with Crippen LogP contribution in [0.1, 0.15) is 32.6 Å². The molecule has 1 aliphatic rings. The fraction of sp³-hybridized carbons (Fsp3) is 0.818. The van der Waals surface area contributed by atoms with E-state index in [2.05, 4.69) is 5.32 Å². The Morgan fingerprint density at radius 1 is 1.47 bits per heavy atom. The molecule has 0 aromatic carbocycles. The largest absolute Gasteiger partial charge is 0.351 e. The number of likely N-dealkylation sites (N-methyl/N-ethyl adjacent to an activating group) is 1. The van der Waals surface area contributed by atoms with E-state index in [-0.39, 0.29) is 43.2 Å². The summed E-state index contributed by atoms with van der Waals surface area (Å²) in [5, 5.41) is 2.74. The SMILES string of the molecule is CC(=O)N(C)C1CC1NC(=O)CCCC(F)F. The lowest BCUT2D eigenvalue weighted by molar-refractivity contribution is -0.128. The summed E-state index contributed by atoms with van der Waals surface area (Å²) in [5.74, 6) is -0.250. The Morgan fingerprint density at radius 3 is 2.65 bits per heavy atom. The van der Waals surface area contributed by atoms with Gasteiger partial charge in [0, 0.05) is 26.8 Å². The topological polar surface area (TPSA) is 49.4 Å². The molecule has 2 amide bonds. The van der Waals surface area contributed by atoms with Crippen LogP contribution in [0.4, 0.5) is 8.78 Å². The van der Waals surface area contributed by atoms with Crippen LogP contribution in [0.3, 0.4) is 0 Å². The summed E-state index contributed by atoms with van der Waals surface area (Å²) in [6.07, 6.45) is -1.52. The maximum Gasteiger partial charge on any atom is 0.238 e. The predicted octanol–water partition coefficient (Wildman–Crippen LogP) is 1.16. The van der Waals surface area contributed by atoms with E-state index >= 15 is 0 Å². The number of hydrogen-bond donors (Lipinski definition) is 1. The lowest BCUT2D eigenvalue weighted by Gasteiger charge is -2.14. The van der Waals surface area contributed by atoms with Crippen LogP contribution in [0.5, 0.6) is 0 Å². The average Bonchev–Trinajstić information content (AvgIpc) is 2.95. The standard InChI is InChI=1S/C11H18F2N2O2/c1-7(16)15(2)9-6-8(9)14-11(17)5-3-4-10(12)13/h8-10H,3-6H2,1-2H3,(H,14,17). The molecule has 1 rings (SSSR count). The molecule has 0 saturated heterocycles. The highest BCUT2D eigenvalue weighted by Gasteiger charge is 2.42. The van der Waals surface area contributed by atoms with Gasteiger partial charge in [-0.1, -0.05) is 0 Å². The van der Waals surface area contributed by atoms with Gasteiger partial charge in [0.25, 0.3) is 0 Å². The first-order valence-electron chi connectivity index (χ1n) is 5.72. The number of carbonyl (C=O) groups is 2. The maximum atomic E-state index is 11.8. The van der Waals surface area contributed by atoms with E-state index in [1.165, 1.54) is 6.92 Å². The summed E-state index contributed by atoms with van der Waals surface area (Å²) in [7, 11) is 1.69. The Kier molecular flexibility index (Phi) is 4.84. The molecule has 0 aromatic heterocycles. The van der Waals surface area contributed by atoms with Gasteiger partial charge in [-0.2, -0.15) is 0 Å². The Bertz CT molecular complexity index is 297. The van der Waals surface area contributed by atoms with E-state index in [1.54, 1.807) is 11.9 Å². The molecule has 0 aliphatic heterocycles. The minimum atomic E-state index is -2.35. The molecule has 6 heteroatoms. The number of amides is 2. The first-order valence-corrected chi connectivity index (χ1v) is 5.72. The van der Waals surface area contributed by atoms with Crippen molar-refractivity contribution in [3.05, 3.63) is 0 Å². The quantitative estimate of drug-likeness (QED) is 0.766. The van der Waals surface area contributed by atoms with Gasteiger partial charge in [-0.25, -0.2) is 8.78 Å². The maximum absolute atomic E-state index is 11.8. The van der Waals surface area contributed by atoms with Crippen LogP contribution in [-0.4, -0.2) is 42.3 Å². The molecular weight excluding hydrogens is 230 g/mol. The minimum absolute atomic E-state index is 0.0112. The van der Waals surface area contributed by atoms with E-state index in [4.69, 9.17) is 0 Å². The van der Waals surface area contributed by atoms with Gasteiger partial charge in [0.2, 0.25) is 18.2 Å². The van der Waals surface area contributed by atoms with Crippen molar-refractivity contribution in [2.75, 3.05) is 7.05 Å². The van der Waals surface area contributed by atoms with Gasteiger partial charge in [0.15, 0.2) is 0 Å². The number of hydrogen-bond acceptors (Lipinski definition) is 2. The first-order chi connectivity index (χ1) is 7.91. The lowest BCUT2D eigenvalue weighted by atomic mass is 10.2. The highest BCUT2D eigenvalue weighted by Crippen LogP contribution is 2.27. The molecule has 0 bridgehead atoms. The summed E-state index contributed by atoms with van der Waals surface area (Å²) in [6, 6.07) is 0.0505. The lowest BCUT2D eigenvalue weighted by Crippen LogP contribution is -2.35. The third-order valence-corrected chi connectivity index (χ3v) is 2.92. The molecule has 2 atom stereocenters. The molecule has 0 radical (unpaired) electrons. The van der Waals surface area contributed by atoms with Crippen molar-refractivity contribution < 1.29 is 18.4 Å². The van der Waals surface area contributed by atoms with Gasteiger partial charge in [0.05, 0.1) is 12.1 Å². The summed E-state index contributed by atoms with van der Waals surface area (Å²) in [5.41, 5.74) is 0. The van der Waals surface area contributed by atoms with Crippen LogP contribution in [-0.2, 0) is 9.59 Å². The van der Waals surface area contributed by atoms with Gasteiger partial charge in [-0.05, 0) is 12.8 Å². The molecule has 4 nitrogen and oxygen atoms in total. The molecule has 2 unspecified atom stereocenters. The zero-order chi connectivity index (χ0) is 13.0. The molecule has 1 aliphatic carbocycles. The van der Waals surface area contributed by atoms with Gasteiger partial charge in [0.1, 0.15) is 0 Å². The fourth-order valence-electron chi connectivity index (χ4n) is 1.69. The van der Waals surface area contributed by atoms with Crippen LogP contribution < -0.4 is 5.32 Å². The van der Waals surface area contributed by atoms with Crippen LogP contribution in [0.2, 0.25) is 0 Å². The molecule has 98 valence electrons. The zero-order valence-corrected chi connectivity index (χ0v) is 10.1. The second-order valence-corrected chi connectivity index (χ2v) is 4.39. The highest BCUT2D eigenvalue weighted by atomic mass is 19.3. The summed E-state index contributed by atoms with van der Waals surface area (Å²) in [6.45, 7) is 1.47. The number of halogens is 2. The molecule has 0 aromatic rings. The predicted molar refractivity (Wildman–Crippen MR) is 58.6 cm³/mol. The Hall–Kier alpha value is -1.20. The minimum Gasteiger partial charge on any atom is -0.351 e. The van der Waals surface area contributed by atoms with Gasteiger partial charge >= 0.3 is 0 Å². The number of alkyl halides is 2. The van der Waals surface area contributed by atoms with Crippen molar-refractivity contribution >= 4 is 11.8 Å². The zero-order valence-electron chi connectivity index (χ0n) is 10.1. The second kappa shape index (κ2) is 5.93. The first kappa shape index (κ1) is 13.9. The van der Waals surface area contributed by atoms with E-state index in [0.717, 1.165) is 6.42 Å². The summed E-state index contributed by atoms with van der Waals surface area (Å²) < 4.78 is 23.7. The van der Waals surface area contributed by atoms with Gasteiger partial charge in [-0.15, -0.1) is 0 Å². The Labute approximate surface area is 99.3 Å². The Balaban J connectivity index is 2.15. The molecular formula is C11H18F2N2O2. The monoisotopic (exact) mass is 248 g/mol. The average molecular weight is 248 g/mol. The van der Waals surface area contributed by atoms with Crippen molar-refractivity contribution in [3.63, 3.8) is 0 Å². The number of nitrogens with one attached hydrogen (secondary N) is 1. The van der Waals surface area contributed by atoms with Crippen LogP contribution in [0.15, 0.2) is 0 Å². The van der Waals surface area contributed by atoms with Crippen molar-refractivity contribution in [1.82, 2.24) is 10.2 Å². The van der Waals surface area contributed by atoms with Crippen LogP contribution in [0, 0.1) is 0 Å². The summed E-state index contributed by atoms with van der Waals surface area (Å²) in [4.78, 5) is 24.0. The molecule has 17 heavy (non-hydrogen) atoms. The van der Waals surface area contributed by atoms with Crippen LogP contribution >= 0.6 is 0 Å². The molecule has 1 fully saturated rings. The van der Waals surface area contributed by atoms with E-state index in [9.17, 15) is 18.4 Å². The van der Waals surface area contributed by atoms with Gasteiger partial charge < -0.3 is 10.2 Å². The number of nitrogens with zero attached hydrogens (tertiary/aromatic N) is 1. The summed E-state index contributed by atoms with van der Waals surface area (Å²) >= 11 is 0. The van der Waals surface area contributed by atoms with Crippen LogP contribution in [0.25, 0.3) is 0 Å². The number of rotatable bonds is 6. The number of carbonyl (C=O) groups excluding carboxylic acids is 2. The molecule has 1 saturated carbocycles. The van der Waals surface area contributed by atoms with Crippen molar-refractivity contribution in [2.45, 2.75) is 51.1 Å². The van der Waals surface area contributed by atoms with E-state index in [0.29, 0.717) is 0 Å². The second-order valence-electron chi connectivity index (χ2n) is 4.39. The fourth-order valence-corrected chi connectivity index (χ4v) is 1.69. The van der Waals surface area contributed by atoms with Crippen molar-refractivity contribution in [2.24, 2.45) is 0 Å². The van der Waals surface area contributed by atoms with E-state index < -0.39 is 6.43 Å². The van der Waals surface area contributed by atoms with Gasteiger partial charge in [-0.3, -0.25) is 9.59 Å². The smallest absolute Gasteiger partial charge is 0.238 e. The van der Waals surface area contributed by atoms with Crippen molar-refractivity contribution in [1.29, 1.82) is 0 Å². The molecule has 0 spiro atoms. The Morgan fingerprint density at radius 2 is 2.12 bits per heavy atom. The third-order valence-electron chi connectivity index (χ3n) is 2.92. The van der Waals surface area contributed by atoms with Crippen molar-refractivity contribution in [3.8, 4) is 0 Å². The third kappa shape index (κ3) is 4.66. The highest BCUT2D eigenvalue weighted by molar-refractivity contribution is 5.77. The molecule has 0 heterocycles. The molecule has 1 N–H and O–H groups in total.